The quantitative estimate of drug-likeness (QED) is 0.785. The number of anilines is 1. The number of nitriles is 1. The van der Waals surface area contributed by atoms with Gasteiger partial charge in [0.2, 0.25) is 0 Å². The molecule has 5 nitrogen and oxygen atoms in total. The zero-order chi connectivity index (χ0) is 12.4. The third-order valence-electron chi connectivity index (χ3n) is 2.76. The third kappa shape index (κ3) is 2.00. The minimum absolute atomic E-state index is 0.149. The molecule has 3 unspecified atom stereocenters. The molecule has 2 rings (SSSR count). The molecule has 1 aliphatic rings. The first-order valence-electron chi connectivity index (χ1n) is 5.34. The number of aliphatic hydroxyl groups excluding tert-OH is 2. The van der Waals surface area contributed by atoms with E-state index >= 15 is 0 Å². The Hall–Kier alpha value is -1.90. The molecule has 3 atom stereocenters. The first kappa shape index (κ1) is 11.6. The van der Waals surface area contributed by atoms with Crippen LogP contribution in [0.1, 0.15) is 6.92 Å². The first-order valence-corrected chi connectivity index (χ1v) is 5.34. The molecular formula is C12H13N3O2. The lowest BCUT2D eigenvalue weighted by Crippen LogP contribution is -2.38. The molecule has 1 heterocycles. The topological polar surface area (TPSA) is 79.8 Å². The molecule has 1 aromatic rings. The molecule has 0 aromatic heterocycles. The van der Waals surface area contributed by atoms with Crippen molar-refractivity contribution in [3.8, 4) is 6.07 Å². The molecule has 1 aliphatic heterocycles. The molecule has 1 aromatic carbocycles. The molecule has 0 bridgehead atoms. The van der Waals surface area contributed by atoms with Gasteiger partial charge in [0, 0.05) is 0 Å². The van der Waals surface area contributed by atoms with Gasteiger partial charge in [-0.05, 0) is 19.1 Å². The molecule has 0 aliphatic carbocycles. The molecule has 0 saturated carbocycles. The number of aliphatic hydroxyl groups is 2. The monoisotopic (exact) mass is 231 g/mol. The smallest absolute Gasteiger partial charge is 0.159 e. The molecule has 2 N–H and O–H groups in total. The lowest BCUT2D eigenvalue weighted by Gasteiger charge is -2.24. The number of hydrazone groups is 1. The predicted octanol–water partition coefficient (Wildman–Crippen LogP) is 0.702. The highest BCUT2D eigenvalue weighted by molar-refractivity contribution is 6.03. The average Bonchev–Trinajstić information content (AvgIpc) is 2.67. The van der Waals surface area contributed by atoms with E-state index in [1.807, 2.05) is 24.3 Å². The Balaban J connectivity index is 2.34. The summed E-state index contributed by atoms with van der Waals surface area (Å²) in [5.41, 5.74) is 0.840. The summed E-state index contributed by atoms with van der Waals surface area (Å²) in [5, 5.41) is 34.0. The summed E-state index contributed by atoms with van der Waals surface area (Å²) in [6.45, 7) is 1.54. The minimum Gasteiger partial charge on any atom is -0.393 e. The van der Waals surface area contributed by atoms with Crippen LogP contribution in [0, 0.1) is 17.2 Å². The summed E-state index contributed by atoms with van der Waals surface area (Å²) in [4.78, 5) is 0. The largest absolute Gasteiger partial charge is 0.393 e. The van der Waals surface area contributed by atoms with E-state index in [1.54, 1.807) is 12.1 Å². The summed E-state index contributed by atoms with van der Waals surface area (Å²) >= 11 is 0. The second-order valence-electron chi connectivity index (χ2n) is 3.96. The summed E-state index contributed by atoms with van der Waals surface area (Å²) in [5.74, 6) is -0.666. The van der Waals surface area contributed by atoms with Crippen molar-refractivity contribution >= 4 is 11.4 Å². The highest BCUT2D eigenvalue weighted by Crippen LogP contribution is 2.28. The highest BCUT2D eigenvalue weighted by Gasteiger charge is 2.39. The fourth-order valence-corrected chi connectivity index (χ4v) is 1.90. The zero-order valence-corrected chi connectivity index (χ0v) is 9.35. The lowest BCUT2D eigenvalue weighted by molar-refractivity contribution is 0.0641. The van der Waals surface area contributed by atoms with E-state index in [-0.39, 0.29) is 5.71 Å². The number of para-hydroxylation sites is 1. The lowest BCUT2D eigenvalue weighted by atomic mass is 9.97. The predicted molar refractivity (Wildman–Crippen MR) is 63.1 cm³/mol. The SMILES string of the molecule is CC(O)C1C(C#N)=NN(c2ccccc2)C1O. The average molecular weight is 231 g/mol. The van der Waals surface area contributed by atoms with Crippen LogP contribution in [0.3, 0.4) is 0 Å². The standard InChI is InChI=1S/C12H13N3O2/c1-8(16)11-10(7-13)14-15(12(11)17)9-5-3-2-4-6-9/h2-6,8,11-12,16-17H,1H3. The van der Waals surface area contributed by atoms with Crippen molar-refractivity contribution in [2.75, 3.05) is 5.01 Å². The van der Waals surface area contributed by atoms with Crippen molar-refractivity contribution in [3.05, 3.63) is 30.3 Å². The van der Waals surface area contributed by atoms with Gasteiger partial charge >= 0.3 is 0 Å². The van der Waals surface area contributed by atoms with Gasteiger partial charge in [0.1, 0.15) is 11.8 Å². The minimum atomic E-state index is -1.01. The van der Waals surface area contributed by atoms with E-state index in [1.165, 1.54) is 11.9 Å². The molecule has 0 spiro atoms. The Kier molecular flexibility index (Phi) is 3.09. The third-order valence-corrected chi connectivity index (χ3v) is 2.76. The van der Waals surface area contributed by atoms with Crippen LogP contribution in [0.2, 0.25) is 0 Å². The van der Waals surface area contributed by atoms with Crippen LogP contribution >= 0.6 is 0 Å². The molecule has 17 heavy (non-hydrogen) atoms. The van der Waals surface area contributed by atoms with Gasteiger partial charge in [-0.2, -0.15) is 10.4 Å². The summed E-state index contributed by atoms with van der Waals surface area (Å²) in [6.07, 6.45) is -1.83. The van der Waals surface area contributed by atoms with E-state index < -0.39 is 18.2 Å². The van der Waals surface area contributed by atoms with Crippen molar-refractivity contribution in [1.29, 1.82) is 5.26 Å². The number of nitrogens with zero attached hydrogens (tertiary/aromatic N) is 3. The maximum Gasteiger partial charge on any atom is 0.159 e. The molecular weight excluding hydrogens is 218 g/mol. The number of benzene rings is 1. The van der Waals surface area contributed by atoms with Crippen LogP contribution in [0.5, 0.6) is 0 Å². The van der Waals surface area contributed by atoms with E-state index in [4.69, 9.17) is 5.26 Å². The maximum atomic E-state index is 10.1. The van der Waals surface area contributed by atoms with E-state index in [2.05, 4.69) is 5.10 Å². The fraction of sp³-hybridized carbons (Fsp3) is 0.333. The van der Waals surface area contributed by atoms with Crippen LogP contribution < -0.4 is 5.01 Å². The van der Waals surface area contributed by atoms with Crippen LogP contribution in [0.25, 0.3) is 0 Å². The summed E-state index contributed by atoms with van der Waals surface area (Å²) < 4.78 is 0. The highest BCUT2D eigenvalue weighted by atomic mass is 16.3. The van der Waals surface area contributed by atoms with E-state index in [9.17, 15) is 10.2 Å². The van der Waals surface area contributed by atoms with Gasteiger partial charge in [-0.15, -0.1) is 0 Å². The molecule has 5 heteroatoms. The molecule has 88 valence electrons. The molecule has 0 amide bonds. The first-order chi connectivity index (χ1) is 8.15. The van der Waals surface area contributed by atoms with Gasteiger partial charge < -0.3 is 10.2 Å². The van der Waals surface area contributed by atoms with Gasteiger partial charge in [-0.3, -0.25) is 0 Å². The van der Waals surface area contributed by atoms with Crippen molar-refractivity contribution in [1.82, 2.24) is 0 Å². The van der Waals surface area contributed by atoms with Crippen molar-refractivity contribution in [2.24, 2.45) is 11.0 Å². The van der Waals surface area contributed by atoms with Crippen molar-refractivity contribution < 1.29 is 10.2 Å². The number of hydrogen-bond donors (Lipinski definition) is 2. The number of rotatable bonds is 2. The zero-order valence-electron chi connectivity index (χ0n) is 9.35. The molecule has 0 fully saturated rings. The Labute approximate surface area is 99.2 Å². The number of hydrogen-bond acceptors (Lipinski definition) is 5. The van der Waals surface area contributed by atoms with Crippen LogP contribution in [-0.4, -0.2) is 28.3 Å². The normalized spacial score (nSPS) is 25.3. The summed E-state index contributed by atoms with van der Waals surface area (Å²) in [7, 11) is 0. The molecule has 0 radical (unpaired) electrons. The Morgan fingerprint density at radius 3 is 2.53 bits per heavy atom. The molecule has 0 saturated heterocycles. The van der Waals surface area contributed by atoms with Gasteiger partial charge in [-0.25, -0.2) is 5.01 Å². The maximum absolute atomic E-state index is 10.1. The van der Waals surface area contributed by atoms with Crippen molar-refractivity contribution in [3.63, 3.8) is 0 Å². The second-order valence-corrected chi connectivity index (χ2v) is 3.96. The van der Waals surface area contributed by atoms with Crippen molar-refractivity contribution in [2.45, 2.75) is 19.3 Å². The van der Waals surface area contributed by atoms with E-state index in [0.717, 1.165) is 0 Å². The van der Waals surface area contributed by atoms with Gasteiger partial charge in [0.15, 0.2) is 6.23 Å². The second kappa shape index (κ2) is 4.53. The van der Waals surface area contributed by atoms with Crippen LogP contribution in [0.4, 0.5) is 5.69 Å². The van der Waals surface area contributed by atoms with Gasteiger partial charge in [-0.1, -0.05) is 18.2 Å². The summed E-state index contributed by atoms with van der Waals surface area (Å²) in [6, 6.07) is 11.0. The Morgan fingerprint density at radius 1 is 1.41 bits per heavy atom. The Bertz CT molecular complexity index is 464. The fourth-order valence-electron chi connectivity index (χ4n) is 1.90. The Morgan fingerprint density at radius 2 is 2.06 bits per heavy atom. The van der Waals surface area contributed by atoms with Gasteiger partial charge in [0.05, 0.1) is 17.7 Å². The van der Waals surface area contributed by atoms with Gasteiger partial charge in [0.25, 0.3) is 0 Å². The van der Waals surface area contributed by atoms with E-state index in [0.29, 0.717) is 5.69 Å². The van der Waals surface area contributed by atoms with Crippen LogP contribution in [0.15, 0.2) is 35.4 Å². The van der Waals surface area contributed by atoms with Crippen LogP contribution in [-0.2, 0) is 0 Å².